The topological polar surface area (TPSA) is 85.9 Å². The Balaban J connectivity index is 1.61. The van der Waals surface area contributed by atoms with E-state index in [-0.39, 0.29) is 36.4 Å². The van der Waals surface area contributed by atoms with Gasteiger partial charge in [-0.1, -0.05) is 6.07 Å². The van der Waals surface area contributed by atoms with Crippen molar-refractivity contribution in [1.82, 2.24) is 19.1 Å². The highest BCUT2D eigenvalue weighted by Gasteiger charge is 2.29. The fourth-order valence-electron chi connectivity index (χ4n) is 3.13. The zero-order chi connectivity index (χ0) is 17.8. The smallest absolute Gasteiger partial charge is 0.350 e. The van der Waals surface area contributed by atoms with Gasteiger partial charge in [0.2, 0.25) is 5.91 Å². The number of esters is 1. The molecule has 0 radical (unpaired) electrons. The second-order valence-corrected chi connectivity index (χ2v) is 6.12. The lowest BCUT2D eigenvalue weighted by atomic mass is 9.98. The van der Waals surface area contributed by atoms with Crippen LogP contribution in [0.25, 0.3) is 5.65 Å². The summed E-state index contributed by atoms with van der Waals surface area (Å²) >= 11 is 0. The molecule has 0 spiro atoms. The van der Waals surface area contributed by atoms with Gasteiger partial charge in [0.25, 0.3) is 0 Å². The third kappa shape index (κ3) is 3.72. The van der Waals surface area contributed by atoms with E-state index in [1.54, 1.807) is 36.2 Å². The maximum Gasteiger partial charge on any atom is 0.350 e. The summed E-state index contributed by atoms with van der Waals surface area (Å²) in [7, 11) is 0. The van der Waals surface area contributed by atoms with Crippen LogP contribution in [-0.4, -0.2) is 50.7 Å². The van der Waals surface area contributed by atoms with Crippen molar-refractivity contribution in [2.75, 3.05) is 19.7 Å². The molecule has 1 saturated heterocycles. The highest BCUT2D eigenvalue weighted by atomic mass is 16.5. The van der Waals surface area contributed by atoms with Crippen LogP contribution in [0.1, 0.15) is 26.2 Å². The zero-order valence-electron chi connectivity index (χ0n) is 14.3. The number of aryl methyl sites for hydroxylation is 1. The Morgan fingerprint density at radius 2 is 2.20 bits per heavy atom. The summed E-state index contributed by atoms with van der Waals surface area (Å²) in [6.07, 6.45) is 3.36. The van der Waals surface area contributed by atoms with Crippen LogP contribution < -0.4 is 5.69 Å². The van der Waals surface area contributed by atoms with Crippen LogP contribution in [0.3, 0.4) is 0 Å². The number of hydrogen-bond donors (Lipinski definition) is 0. The van der Waals surface area contributed by atoms with E-state index in [0.29, 0.717) is 25.3 Å². The molecule has 8 nitrogen and oxygen atoms in total. The van der Waals surface area contributed by atoms with Gasteiger partial charge in [0, 0.05) is 25.7 Å². The minimum Gasteiger partial charge on any atom is -0.466 e. The number of aromatic nitrogens is 3. The number of fused-ring (bicyclic) bond motifs is 1. The first-order chi connectivity index (χ1) is 12.1. The molecule has 0 N–H and O–H groups in total. The molecule has 1 aliphatic heterocycles. The van der Waals surface area contributed by atoms with E-state index in [0.717, 1.165) is 12.8 Å². The van der Waals surface area contributed by atoms with Gasteiger partial charge in [-0.05, 0) is 31.9 Å². The molecule has 3 rings (SSSR count). The fourth-order valence-corrected chi connectivity index (χ4v) is 3.13. The largest absolute Gasteiger partial charge is 0.466 e. The average Bonchev–Trinajstić information content (AvgIpc) is 2.96. The molecule has 3 heterocycles. The van der Waals surface area contributed by atoms with Gasteiger partial charge in [-0.2, -0.15) is 0 Å². The normalized spacial score (nSPS) is 17.6. The molecule has 0 saturated carbocycles. The number of amides is 1. The highest BCUT2D eigenvalue weighted by Crippen LogP contribution is 2.18. The van der Waals surface area contributed by atoms with Crippen molar-refractivity contribution in [3.8, 4) is 0 Å². The summed E-state index contributed by atoms with van der Waals surface area (Å²) in [4.78, 5) is 38.2. The molecule has 0 bridgehead atoms. The molecule has 8 heteroatoms. The summed E-state index contributed by atoms with van der Waals surface area (Å²) in [5, 5.41) is 4.22. The number of hydrogen-bond acceptors (Lipinski definition) is 5. The van der Waals surface area contributed by atoms with Crippen LogP contribution in [-0.2, 0) is 20.9 Å². The second-order valence-electron chi connectivity index (χ2n) is 6.12. The van der Waals surface area contributed by atoms with E-state index in [9.17, 15) is 14.4 Å². The first-order valence-corrected chi connectivity index (χ1v) is 8.58. The Kier molecular flexibility index (Phi) is 5.16. The molecular weight excluding hydrogens is 324 g/mol. The minimum atomic E-state index is -0.258. The third-order valence-corrected chi connectivity index (χ3v) is 4.42. The number of likely N-dealkylation sites (tertiary alicyclic amines) is 1. The number of carbonyl (C=O) groups excluding carboxylic acids is 2. The summed E-state index contributed by atoms with van der Waals surface area (Å²) in [6, 6.07) is 5.31. The Morgan fingerprint density at radius 3 is 2.96 bits per heavy atom. The van der Waals surface area contributed by atoms with E-state index in [1.165, 1.54) is 9.08 Å². The molecular formula is C17H22N4O4. The van der Waals surface area contributed by atoms with Crippen LogP contribution in [0, 0.1) is 5.92 Å². The standard InChI is InChI=1S/C17H22N4O4/c1-2-25-16(23)13-6-5-9-19(12-13)15(22)8-11-21-17(24)20-10-4-3-7-14(20)18-21/h3-4,7,10,13H,2,5-6,8-9,11-12H2,1H3/t13-/m1/s1. The molecule has 134 valence electrons. The van der Waals surface area contributed by atoms with E-state index in [1.807, 2.05) is 0 Å². The number of nitrogens with zero attached hydrogens (tertiary/aromatic N) is 4. The summed E-state index contributed by atoms with van der Waals surface area (Å²) < 4.78 is 7.81. The van der Waals surface area contributed by atoms with E-state index in [2.05, 4.69) is 5.10 Å². The predicted octanol–water partition coefficient (Wildman–Crippen LogP) is 0.688. The molecule has 1 atom stereocenters. The van der Waals surface area contributed by atoms with Crippen molar-refractivity contribution < 1.29 is 14.3 Å². The SMILES string of the molecule is CCOC(=O)[C@@H]1CCCN(C(=O)CCn2nc3ccccn3c2=O)C1. The summed E-state index contributed by atoms with van der Waals surface area (Å²) in [6.45, 7) is 3.36. The van der Waals surface area contributed by atoms with E-state index >= 15 is 0 Å². The van der Waals surface area contributed by atoms with Gasteiger partial charge < -0.3 is 9.64 Å². The number of ether oxygens (including phenoxy) is 1. The molecule has 2 aromatic rings. The van der Waals surface area contributed by atoms with Crippen LogP contribution in [0.4, 0.5) is 0 Å². The molecule has 0 unspecified atom stereocenters. The Morgan fingerprint density at radius 1 is 1.36 bits per heavy atom. The molecule has 1 aliphatic rings. The number of carbonyl (C=O) groups is 2. The van der Waals surface area contributed by atoms with Gasteiger partial charge in [0.1, 0.15) is 0 Å². The molecule has 0 aliphatic carbocycles. The molecule has 2 aromatic heterocycles. The first-order valence-electron chi connectivity index (χ1n) is 8.58. The first kappa shape index (κ1) is 17.2. The fraction of sp³-hybridized carbons (Fsp3) is 0.529. The third-order valence-electron chi connectivity index (χ3n) is 4.42. The van der Waals surface area contributed by atoms with Gasteiger partial charge in [-0.15, -0.1) is 5.10 Å². The number of piperidine rings is 1. The monoisotopic (exact) mass is 346 g/mol. The lowest BCUT2D eigenvalue weighted by molar-refractivity contribution is -0.151. The lowest BCUT2D eigenvalue weighted by Crippen LogP contribution is -2.43. The zero-order valence-corrected chi connectivity index (χ0v) is 14.3. The summed E-state index contributed by atoms with van der Waals surface area (Å²) in [5.74, 6) is -0.565. The van der Waals surface area contributed by atoms with Gasteiger partial charge in [-0.3, -0.25) is 14.0 Å². The van der Waals surface area contributed by atoms with E-state index < -0.39 is 0 Å². The van der Waals surface area contributed by atoms with Crippen molar-refractivity contribution in [2.45, 2.75) is 32.7 Å². The highest BCUT2D eigenvalue weighted by molar-refractivity contribution is 5.78. The molecule has 0 aromatic carbocycles. The van der Waals surface area contributed by atoms with Crippen molar-refractivity contribution in [2.24, 2.45) is 5.92 Å². The van der Waals surface area contributed by atoms with Gasteiger partial charge in [-0.25, -0.2) is 9.48 Å². The maximum absolute atomic E-state index is 12.4. The van der Waals surface area contributed by atoms with Gasteiger partial charge >= 0.3 is 11.7 Å². The number of rotatable bonds is 5. The van der Waals surface area contributed by atoms with Gasteiger partial charge in [0.15, 0.2) is 5.65 Å². The van der Waals surface area contributed by atoms with Crippen LogP contribution in [0.2, 0.25) is 0 Å². The Bertz CT molecular complexity index is 825. The maximum atomic E-state index is 12.4. The molecule has 25 heavy (non-hydrogen) atoms. The second kappa shape index (κ2) is 7.50. The summed E-state index contributed by atoms with van der Waals surface area (Å²) in [5.41, 5.74) is 0.298. The quantitative estimate of drug-likeness (QED) is 0.744. The van der Waals surface area contributed by atoms with Crippen LogP contribution in [0.15, 0.2) is 29.2 Å². The molecule has 1 amide bonds. The van der Waals surface area contributed by atoms with E-state index in [4.69, 9.17) is 4.74 Å². The van der Waals surface area contributed by atoms with Gasteiger partial charge in [0.05, 0.1) is 19.1 Å². The van der Waals surface area contributed by atoms with Crippen molar-refractivity contribution in [3.05, 3.63) is 34.9 Å². The lowest BCUT2D eigenvalue weighted by Gasteiger charge is -2.31. The molecule has 1 fully saturated rings. The number of pyridine rings is 1. The average molecular weight is 346 g/mol. The Hall–Kier alpha value is -2.64. The van der Waals surface area contributed by atoms with Crippen molar-refractivity contribution in [3.63, 3.8) is 0 Å². The van der Waals surface area contributed by atoms with Crippen LogP contribution >= 0.6 is 0 Å². The van der Waals surface area contributed by atoms with Crippen molar-refractivity contribution in [1.29, 1.82) is 0 Å². The van der Waals surface area contributed by atoms with Crippen molar-refractivity contribution >= 4 is 17.5 Å². The Labute approximate surface area is 145 Å². The van der Waals surface area contributed by atoms with Crippen LogP contribution in [0.5, 0.6) is 0 Å². The predicted molar refractivity (Wildman–Crippen MR) is 90.0 cm³/mol. The minimum absolute atomic E-state index is 0.0713.